The molecule has 0 heterocycles. The second kappa shape index (κ2) is 45.0. The van der Waals surface area contributed by atoms with Gasteiger partial charge in [0.2, 0.25) is 5.91 Å². The van der Waals surface area contributed by atoms with Crippen LogP contribution in [0.4, 0.5) is 0 Å². The van der Waals surface area contributed by atoms with Gasteiger partial charge in [0.25, 0.3) is 0 Å². The maximum absolute atomic E-state index is 12.5. The molecule has 0 fully saturated rings. The SMILES string of the molecule is CC/C=C\C/C=C\CCCCCCCCCCCCCCCCC(=O)NC(CO)C(O)C(O)CCC/C=C/CC/C=C/CCCCCCCCCCCCC. The standard InChI is InChI=1S/C50H93NO4/c1-3-5-7-9-11-13-15-17-19-21-23-25-27-29-31-33-35-37-39-41-43-45-49(54)51-47(46-52)50(55)48(53)44-42-40-38-36-34-32-30-28-26-24-22-20-18-16-14-12-10-8-6-4-2/h5,7,11,13,28,30,36,38,47-48,50,52-53,55H,3-4,6,8-10,12,14-27,29,31-35,37,39-46H2,1-2H3,(H,51,54)/b7-5-,13-11-,30-28+,38-36+. The van der Waals surface area contributed by atoms with E-state index in [1.807, 2.05) is 0 Å². The Hall–Kier alpha value is -1.69. The molecule has 5 nitrogen and oxygen atoms in total. The summed E-state index contributed by atoms with van der Waals surface area (Å²) in [4.78, 5) is 12.5. The van der Waals surface area contributed by atoms with E-state index in [2.05, 4.69) is 67.8 Å². The molecule has 0 aliphatic heterocycles. The summed E-state index contributed by atoms with van der Waals surface area (Å²) in [6.45, 7) is 4.07. The number of nitrogens with one attached hydrogen (secondary N) is 1. The molecule has 0 aliphatic rings. The van der Waals surface area contributed by atoms with Crippen LogP contribution in [0.15, 0.2) is 48.6 Å². The van der Waals surface area contributed by atoms with Crippen LogP contribution in [-0.2, 0) is 4.79 Å². The smallest absolute Gasteiger partial charge is 0.220 e. The Morgan fingerprint density at radius 2 is 0.855 bits per heavy atom. The summed E-state index contributed by atoms with van der Waals surface area (Å²) in [6.07, 6.45) is 58.0. The molecule has 0 aromatic carbocycles. The van der Waals surface area contributed by atoms with Crippen molar-refractivity contribution < 1.29 is 20.1 Å². The van der Waals surface area contributed by atoms with Crippen LogP contribution in [0.3, 0.4) is 0 Å². The van der Waals surface area contributed by atoms with Crippen molar-refractivity contribution in [3.8, 4) is 0 Å². The number of aliphatic hydroxyl groups is 3. The summed E-state index contributed by atoms with van der Waals surface area (Å²) >= 11 is 0. The Morgan fingerprint density at radius 3 is 1.31 bits per heavy atom. The first kappa shape index (κ1) is 53.3. The van der Waals surface area contributed by atoms with Gasteiger partial charge in [0.15, 0.2) is 0 Å². The van der Waals surface area contributed by atoms with E-state index in [-0.39, 0.29) is 12.5 Å². The highest BCUT2D eigenvalue weighted by Gasteiger charge is 2.26. The van der Waals surface area contributed by atoms with Gasteiger partial charge in [0, 0.05) is 6.42 Å². The molecule has 0 spiro atoms. The predicted molar refractivity (Wildman–Crippen MR) is 241 cm³/mol. The predicted octanol–water partition coefficient (Wildman–Crippen LogP) is 14.1. The molecule has 3 unspecified atom stereocenters. The molecule has 5 heteroatoms. The Morgan fingerprint density at radius 1 is 0.473 bits per heavy atom. The van der Waals surface area contributed by atoms with Gasteiger partial charge in [-0.25, -0.2) is 0 Å². The summed E-state index contributed by atoms with van der Waals surface area (Å²) in [6, 6.07) is -0.833. The number of hydrogen-bond acceptors (Lipinski definition) is 4. The molecule has 0 bridgehead atoms. The molecule has 0 aliphatic carbocycles. The third-order valence-electron chi connectivity index (χ3n) is 10.9. The van der Waals surface area contributed by atoms with Crippen molar-refractivity contribution in [2.75, 3.05) is 6.61 Å². The van der Waals surface area contributed by atoms with E-state index in [0.717, 1.165) is 57.8 Å². The number of amides is 1. The van der Waals surface area contributed by atoms with Gasteiger partial charge in [0.1, 0.15) is 6.10 Å². The van der Waals surface area contributed by atoms with Gasteiger partial charge in [-0.15, -0.1) is 0 Å². The van der Waals surface area contributed by atoms with Gasteiger partial charge < -0.3 is 20.6 Å². The van der Waals surface area contributed by atoms with Gasteiger partial charge in [-0.1, -0.05) is 204 Å². The van der Waals surface area contributed by atoms with E-state index in [0.29, 0.717) is 12.8 Å². The van der Waals surface area contributed by atoms with E-state index < -0.39 is 18.2 Å². The molecule has 55 heavy (non-hydrogen) atoms. The van der Waals surface area contributed by atoms with E-state index in [9.17, 15) is 20.1 Å². The van der Waals surface area contributed by atoms with Crippen LogP contribution < -0.4 is 5.32 Å². The average Bonchev–Trinajstić information content (AvgIpc) is 3.19. The third-order valence-corrected chi connectivity index (χ3v) is 10.9. The van der Waals surface area contributed by atoms with Crippen molar-refractivity contribution in [2.24, 2.45) is 0 Å². The summed E-state index contributed by atoms with van der Waals surface area (Å²) in [5, 5.41) is 33.6. The fraction of sp³-hybridized carbons (Fsp3) is 0.820. The summed E-state index contributed by atoms with van der Waals surface area (Å²) in [7, 11) is 0. The number of carbonyl (C=O) groups excluding carboxylic acids is 1. The maximum Gasteiger partial charge on any atom is 0.220 e. The maximum atomic E-state index is 12.5. The minimum Gasteiger partial charge on any atom is -0.394 e. The van der Waals surface area contributed by atoms with Crippen molar-refractivity contribution >= 4 is 5.91 Å². The molecule has 0 saturated heterocycles. The fourth-order valence-electron chi connectivity index (χ4n) is 7.22. The normalized spacial score (nSPS) is 13.9. The molecule has 0 saturated carbocycles. The monoisotopic (exact) mass is 772 g/mol. The molecule has 4 N–H and O–H groups in total. The average molecular weight is 772 g/mol. The van der Waals surface area contributed by atoms with Crippen molar-refractivity contribution in [2.45, 2.75) is 257 Å². The lowest BCUT2D eigenvalue weighted by molar-refractivity contribution is -0.124. The molecule has 1 amide bonds. The van der Waals surface area contributed by atoms with Crippen molar-refractivity contribution in [1.29, 1.82) is 0 Å². The minimum absolute atomic E-state index is 0.159. The van der Waals surface area contributed by atoms with Gasteiger partial charge >= 0.3 is 0 Å². The molecule has 0 aromatic heterocycles. The number of unbranched alkanes of at least 4 members (excludes halogenated alkanes) is 27. The lowest BCUT2D eigenvalue weighted by Gasteiger charge is -2.26. The molecule has 0 rings (SSSR count). The lowest BCUT2D eigenvalue weighted by Crippen LogP contribution is -2.50. The van der Waals surface area contributed by atoms with Gasteiger partial charge in [-0.05, 0) is 77.0 Å². The van der Waals surface area contributed by atoms with Gasteiger partial charge in [-0.3, -0.25) is 4.79 Å². The highest BCUT2D eigenvalue weighted by atomic mass is 16.3. The first-order valence-corrected chi connectivity index (χ1v) is 23.9. The van der Waals surface area contributed by atoms with Gasteiger partial charge in [0.05, 0.1) is 18.8 Å². The zero-order valence-corrected chi connectivity index (χ0v) is 36.6. The highest BCUT2D eigenvalue weighted by Crippen LogP contribution is 2.16. The molecule has 3 atom stereocenters. The topological polar surface area (TPSA) is 89.8 Å². The van der Waals surface area contributed by atoms with E-state index in [1.165, 1.54) is 154 Å². The number of hydrogen-bond donors (Lipinski definition) is 4. The van der Waals surface area contributed by atoms with Crippen LogP contribution in [0.2, 0.25) is 0 Å². The highest BCUT2D eigenvalue weighted by molar-refractivity contribution is 5.76. The Labute approximate surface area is 342 Å². The molecule has 0 aromatic rings. The van der Waals surface area contributed by atoms with E-state index >= 15 is 0 Å². The zero-order valence-electron chi connectivity index (χ0n) is 36.6. The number of carbonyl (C=O) groups is 1. The van der Waals surface area contributed by atoms with E-state index in [1.54, 1.807) is 0 Å². The fourth-order valence-corrected chi connectivity index (χ4v) is 7.22. The quantitative estimate of drug-likeness (QED) is 0.0367. The largest absolute Gasteiger partial charge is 0.394 e. The first-order valence-electron chi connectivity index (χ1n) is 23.9. The lowest BCUT2D eigenvalue weighted by atomic mass is 10.0. The van der Waals surface area contributed by atoms with Crippen LogP contribution in [0.25, 0.3) is 0 Å². The second-order valence-corrected chi connectivity index (χ2v) is 16.3. The second-order valence-electron chi connectivity index (χ2n) is 16.3. The number of allylic oxidation sites excluding steroid dienone is 8. The van der Waals surface area contributed by atoms with Crippen LogP contribution in [0.1, 0.15) is 239 Å². The van der Waals surface area contributed by atoms with Crippen molar-refractivity contribution in [3.05, 3.63) is 48.6 Å². The summed E-state index contributed by atoms with van der Waals surface area (Å²) in [5.41, 5.74) is 0. The van der Waals surface area contributed by atoms with Crippen LogP contribution in [-0.4, -0.2) is 46.1 Å². The van der Waals surface area contributed by atoms with Crippen molar-refractivity contribution in [1.82, 2.24) is 5.32 Å². The van der Waals surface area contributed by atoms with Crippen LogP contribution >= 0.6 is 0 Å². The molecular formula is C50H93NO4. The van der Waals surface area contributed by atoms with E-state index in [4.69, 9.17) is 0 Å². The minimum atomic E-state index is -1.17. The Balaban J connectivity index is 3.65. The summed E-state index contributed by atoms with van der Waals surface area (Å²) < 4.78 is 0. The zero-order chi connectivity index (χ0) is 40.1. The third kappa shape index (κ3) is 40.3. The Bertz CT molecular complexity index is 896. The number of aliphatic hydroxyl groups excluding tert-OH is 3. The molecular weight excluding hydrogens is 679 g/mol. The first-order chi connectivity index (χ1) is 27.1. The van der Waals surface area contributed by atoms with Crippen LogP contribution in [0.5, 0.6) is 0 Å². The molecule has 322 valence electrons. The Kier molecular flexibility index (Phi) is 43.6. The molecule has 0 radical (unpaired) electrons. The van der Waals surface area contributed by atoms with Crippen LogP contribution in [0, 0.1) is 0 Å². The summed E-state index contributed by atoms with van der Waals surface area (Å²) in [5.74, 6) is -0.159. The van der Waals surface area contributed by atoms with Gasteiger partial charge in [-0.2, -0.15) is 0 Å². The van der Waals surface area contributed by atoms with Crippen molar-refractivity contribution in [3.63, 3.8) is 0 Å². The number of rotatable bonds is 43.